The van der Waals surface area contributed by atoms with Crippen LogP contribution in [0.5, 0.6) is 0 Å². The quantitative estimate of drug-likeness (QED) is 0.668. The van der Waals surface area contributed by atoms with Crippen molar-refractivity contribution < 1.29 is 14.9 Å². The maximum Gasteiger partial charge on any atom is 0.0777 e. The minimum atomic E-state index is -0.428. The number of ether oxygens (including phenoxy) is 1. The molecule has 0 aromatic heterocycles. The van der Waals surface area contributed by atoms with Gasteiger partial charge >= 0.3 is 0 Å². The summed E-state index contributed by atoms with van der Waals surface area (Å²) in [5.74, 6) is 1.61. The van der Waals surface area contributed by atoms with E-state index in [9.17, 15) is 10.2 Å². The summed E-state index contributed by atoms with van der Waals surface area (Å²) in [5, 5.41) is 20.1. The van der Waals surface area contributed by atoms with Crippen molar-refractivity contribution in [2.24, 2.45) is 17.8 Å². The molecule has 3 heteroatoms. The van der Waals surface area contributed by atoms with Crippen molar-refractivity contribution in [1.82, 2.24) is 0 Å². The van der Waals surface area contributed by atoms with Crippen molar-refractivity contribution in [2.75, 3.05) is 13.2 Å². The second-order valence-electron chi connectivity index (χ2n) is 6.46. The number of aliphatic hydroxyl groups excluding tert-OH is 2. The molecule has 0 amide bonds. The Balaban J connectivity index is 2.28. The predicted octanol–water partition coefficient (Wildman–Crippen LogP) is 2.99. The van der Waals surface area contributed by atoms with Crippen LogP contribution >= 0.6 is 0 Å². The van der Waals surface area contributed by atoms with Gasteiger partial charge < -0.3 is 14.9 Å². The van der Waals surface area contributed by atoms with Gasteiger partial charge in [-0.05, 0) is 49.9 Å². The molecule has 0 radical (unpaired) electrons. The molecular formula is C16H32O3. The van der Waals surface area contributed by atoms with Crippen molar-refractivity contribution in [3.63, 3.8) is 0 Å². The van der Waals surface area contributed by atoms with Crippen molar-refractivity contribution >= 4 is 0 Å². The van der Waals surface area contributed by atoms with Gasteiger partial charge in [0.1, 0.15) is 0 Å². The van der Waals surface area contributed by atoms with Crippen LogP contribution < -0.4 is 0 Å². The summed E-state index contributed by atoms with van der Waals surface area (Å²) in [6.45, 7) is 7.78. The lowest BCUT2D eigenvalue weighted by molar-refractivity contribution is -0.0188. The van der Waals surface area contributed by atoms with E-state index in [-0.39, 0.29) is 12.0 Å². The number of rotatable bonds is 8. The predicted molar refractivity (Wildman–Crippen MR) is 78.0 cm³/mol. The molecule has 0 spiro atoms. The lowest BCUT2D eigenvalue weighted by Crippen LogP contribution is -2.34. The van der Waals surface area contributed by atoms with Gasteiger partial charge in [-0.25, -0.2) is 0 Å². The van der Waals surface area contributed by atoms with Crippen molar-refractivity contribution in [1.29, 1.82) is 0 Å². The van der Waals surface area contributed by atoms with Crippen LogP contribution in [-0.2, 0) is 4.74 Å². The molecule has 4 unspecified atom stereocenters. The Bertz CT molecular complexity index is 230. The Kier molecular flexibility index (Phi) is 7.96. The SMILES string of the molecule is CCCCOCC(O)CC1CC(C(C)C)CCC1O. The zero-order valence-corrected chi connectivity index (χ0v) is 12.8. The van der Waals surface area contributed by atoms with Gasteiger partial charge in [0.2, 0.25) is 0 Å². The fourth-order valence-corrected chi connectivity index (χ4v) is 3.03. The number of hydrogen-bond donors (Lipinski definition) is 2. The van der Waals surface area contributed by atoms with E-state index >= 15 is 0 Å². The third-order valence-electron chi connectivity index (χ3n) is 4.45. The Labute approximate surface area is 118 Å². The summed E-state index contributed by atoms with van der Waals surface area (Å²) < 4.78 is 5.46. The van der Waals surface area contributed by atoms with E-state index in [2.05, 4.69) is 20.8 Å². The van der Waals surface area contributed by atoms with E-state index in [0.29, 0.717) is 24.9 Å². The third kappa shape index (κ3) is 6.24. The van der Waals surface area contributed by atoms with Crippen LogP contribution in [0.3, 0.4) is 0 Å². The maximum absolute atomic E-state index is 10.1. The van der Waals surface area contributed by atoms with Gasteiger partial charge in [0.05, 0.1) is 18.8 Å². The smallest absolute Gasteiger partial charge is 0.0777 e. The minimum absolute atomic E-state index is 0.236. The van der Waals surface area contributed by atoms with Crippen LogP contribution in [0, 0.1) is 17.8 Å². The summed E-state index contributed by atoms with van der Waals surface area (Å²) in [7, 11) is 0. The number of aliphatic hydroxyl groups is 2. The Morgan fingerprint density at radius 2 is 2.00 bits per heavy atom. The third-order valence-corrected chi connectivity index (χ3v) is 4.45. The molecule has 0 aromatic carbocycles. The van der Waals surface area contributed by atoms with Gasteiger partial charge in [0.15, 0.2) is 0 Å². The van der Waals surface area contributed by atoms with Crippen molar-refractivity contribution in [2.45, 2.75) is 71.5 Å². The first-order chi connectivity index (χ1) is 9.04. The van der Waals surface area contributed by atoms with Gasteiger partial charge in [-0.2, -0.15) is 0 Å². The van der Waals surface area contributed by atoms with Crippen molar-refractivity contribution in [3.05, 3.63) is 0 Å². The first kappa shape index (κ1) is 16.9. The second-order valence-corrected chi connectivity index (χ2v) is 6.46. The molecule has 2 N–H and O–H groups in total. The summed E-state index contributed by atoms with van der Waals surface area (Å²) >= 11 is 0. The second kappa shape index (κ2) is 8.93. The zero-order chi connectivity index (χ0) is 14.3. The first-order valence-corrected chi connectivity index (χ1v) is 7.98. The van der Waals surface area contributed by atoms with Crippen LogP contribution in [0.15, 0.2) is 0 Å². The molecule has 0 aromatic rings. The topological polar surface area (TPSA) is 49.7 Å². The lowest BCUT2D eigenvalue weighted by atomic mass is 9.73. The normalized spacial score (nSPS) is 29.7. The molecule has 19 heavy (non-hydrogen) atoms. The van der Waals surface area contributed by atoms with E-state index in [0.717, 1.165) is 38.7 Å². The Morgan fingerprint density at radius 1 is 1.26 bits per heavy atom. The molecule has 1 aliphatic carbocycles. The Morgan fingerprint density at radius 3 is 2.63 bits per heavy atom. The Hall–Kier alpha value is -0.120. The molecule has 0 saturated heterocycles. The molecule has 4 atom stereocenters. The highest BCUT2D eigenvalue weighted by molar-refractivity contribution is 4.82. The molecule has 1 saturated carbocycles. The largest absolute Gasteiger partial charge is 0.393 e. The average Bonchev–Trinajstić information content (AvgIpc) is 2.37. The van der Waals surface area contributed by atoms with Crippen LogP contribution in [0.25, 0.3) is 0 Å². The van der Waals surface area contributed by atoms with E-state index in [1.165, 1.54) is 0 Å². The van der Waals surface area contributed by atoms with Gasteiger partial charge in [-0.3, -0.25) is 0 Å². The van der Waals surface area contributed by atoms with Gasteiger partial charge in [-0.1, -0.05) is 27.2 Å². The minimum Gasteiger partial charge on any atom is -0.393 e. The standard InChI is InChI=1S/C16H32O3/c1-4-5-8-19-11-15(17)10-14-9-13(12(2)3)6-7-16(14)18/h12-18H,4-11H2,1-3H3. The molecule has 0 bridgehead atoms. The molecule has 3 nitrogen and oxygen atoms in total. The van der Waals surface area contributed by atoms with Gasteiger partial charge in [0, 0.05) is 6.61 Å². The summed E-state index contributed by atoms with van der Waals surface area (Å²) in [5.41, 5.74) is 0. The van der Waals surface area contributed by atoms with Crippen molar-refractivity contribution in [3.8, 4) is 0 Å². The van der Waals surface area contributed by atoms with E-state index < -0.39 is 6.10 Å². The summed E-state index contributed by atoms with van der Waals surface area (Å²) in [4.78, 5) is 0. The highest BCUT2D eigenvalue weighted by Crippen LogP contribution is 2.36. The molecule has 0 aliphatic heterocycles. The van der Waals surface area contributed by atoms with Crippen LogP contribution in [0.1, 0.15) is 59.3 Å². The fraction of sp³-hybridized carbons (Fsp3) is 1.00. The molecule has 114 valence electrons. The maximum atomic E-state index is 10.1. The van der Waals surface area contributed by atoms with E-state index in [1.807, 2.05) is 0 Å². The van der Waals surface area contributed by atoms with Gasteiger partial charge in [0.25, 0.3) is 0 Å². The zero-order valence-electron chi connectivity index (χ0n) is 12.8. The number of unbranched alkanes of at least 4 members (excludes halogenated alkanes) is 1. The molecular weight excluding hydrogens is 240 g/mol. The fourth-order valence-electron chi connectivity index (χ4n) is 3.03. The lowest BCUT2D eigenvalue weighted by Gasteiger charge is -2.36. The monoisotopic (exact) mass is 272 g/mol. The molecule has 1 rings (SSSR count). The summed E-state index contributed by atoms with van der Waals surface area (Å²) in [6.07, 6.45) is 5.24. The van der Waals surface area contributed by atoms with E-state index in [4.69, 9.17) is 4.74 Å². The van der Waals surface area contributed by atoms with Crippen LogP contribution in [0.2, 0.25) is 0 Å². The van der Waals surface area contributed by atoms with E-state index in [1.54, 1.807) is 0 Å². The first-order valence-electron chi connectivity index (χ1n) is 7.98. The highest BCUT2D eigenvalue weighted by atomic mass is 16.5. The van der Waals surface area contributed by atoms with Gasteiger partial charge in [-0.15, -0.1) is 0 Å². The molecule has 1 fully saturated rings. The van der Waals surface area contributed by atoms with Crippen LogP contribution in [-0.4, -0.2) is 35.6 Å². The molecule has 1 aliphatic rings. The average molecular weight is 272 g/mol. The summed E-state index contributed by atoms with van der Waals surface area (Å²) in [6, 6.07) is 0. The highest BCUT2D eigenvalue weighted by Gasteiger charge is 2.31. The number of hydrogen-bond acceptors (Lipinski definition) is 3. The molecule has 0 heterocycles. The van der Waals surface area contributed by atoms with Crippen LogP contribution in [0.4, 0.5) is 0 Å².